The molecule has 0 radical (unpaired) electrons. The zero-order valence-electron chi connectivity index (χ0n) is 14.4. The van der Waals surface area contributed by atoms with Gasteiger partial charge >= 0.3 is 0 Å². The minimum atomic E-state index is -0.721. The van der Waals surface area contributed by atoms with E-state index in [-0.39, 0.29) is 22.4 Å². The van der Waals surface area contributed by atoms with Gasteiger partial charge in [0, 0.05) is 24.2 Å². The van der Waals surface area contributed by atoms with Crippen LogP contribution in [-0.2, 0) is 0 Å². The van der Waals surface area contributed by atoms with Gasteiger partial charge in [-0.15, -0.1) is 0 Å². The van der Waals surface area contributed by atoms with Gasteiger partial charge in [0.25, 0.3) is 5.91 Å². The summed E-state index contributed by atoms with van der Waals surface area (Å²) < 4.78 is 5.33. The molecule has 0 bridgehead atoms. The Labute approximate surface area is 155 Å². The number of carbonyl (C=O) groups is 1. The number of benzene rings is 2. The predicted molar refractivity (Wildman–Crippen MR) is 97.3 cm³/mol. The van der Waals surface area contributed by atoms with Crippen LogP contribution >= 0.6 is 0 Å². The molecule has 0 saturated carbocycles. The summed E-state index contributed by atoms with van der Waals surface area (Å²) in [4.78, 5) is 16.7. The topological polar surface area (TPSA) is 131 Å². The van der Waals surface area contributed by atoms with Crippen LogP contribution in [0.3, 0.4) is 0 Å². The van der Waals surface area contributed by atoms with Crippen molar-refractivity contribution in [1.29, 1.82) is 10.5 Å². The Morgan fingerprint density at radius 2 is 1.93 bits per heavy atom. The molecule has 3 rings (SSSR count). The summed E-state index contributed by atoms with van der Waals surface area (Å²) in [5.74, 6) is -0.387. The van der Waals surface area contributed by atoms with E-state index in [9.17, 15) is 20.4 Å². The minimum absolute atomic E-state index is 0.134. The molecule has 3 N–H and O–H groups in total. The second-order valence-corrected chi connectivity index (χ2v) is 5.64. The average molecular weight is 361 g/mol. The van der Waals surface area contributed by atoms with Crippen LogP contribution < -0.4 is 15.4 Å². The molecule has 1 heterocycles. The Kier molecular flexibility index (Phi) is 4.91. The van der Waals surface area contributed by atoms with E-state index in [0.29, 0.717) is 35.9 Å². The summed E-state index contributed by atoms with van der Waals surface area (Å²) in [6.07, 6.45) is 0. The molecule has 8 heteroatoms. The number of phenolic OH excluding ortho intramolecular Hbond substituents is 1. The van der Waals surface area contributed by atoms with E-state index in [1.807, 2.05) is 12.1 Å². The lowest BCUT2D eigenvalue weighted by Crippen LogP contribution is -2.25. The second kappa shape index (κ2) is 7.46. The van der Waals surface area contributed by atoms with Crippen LogP contribution in [0.2, 0.25) is 0 Å². The van der Waals surface area contributed by atoms with Gasteiger partial charge in [0.15, 0.2) is 5.96 Å². The zero-order valence-corrected chi connectivity index (χ0v) is 14.4. The lowest BCUT2D eigenvalue weighted by molar-refractivity contribution is 0.100. The van der Waals surface area contributed by atoms with Crippen molar-refractivity contribution >= 4 is 11.9 Å². The monoisotopic (exact) mass is 361 g/mol. The predicted octanol–water partition coefficient (Wildman–Crippen LogP) is 1.50. The lowest BCUT2D eigenvalue weighted by Gasteiger charge is -2.15. The third kappa shape index (κ3) is 3.37. The van der Waals surface area contributed by atoms with Crippen molar-refractivity contribution in [2.45, 2.75) is 0 Å². The van der Waals surface area contributed by atoms with Crippen molar-refractivity contribution in [2.24, 2.45) is 4.99 Å². The van der Waals surface area contributed by atoms with Crippen molar-refractivity contribution in [1.82, 2.24) is 10.6 Å². The van der Waals surface area contributed by atoms with Crippen molar-refractivity contribution in [2.75, 3.05) is 20.2 Å². The fourth-order valence-corrected chi connectivity index (χ4v) is 2.81. The highest BCUT2D eigenvalue weighted by atomic mass is 16.5. The number of nitrogens with zero attached hydrogens (tertiary/aromatic N) is 3. The summed E-state index contributed by atoms with van der Waals surface area (Å²) in [5.41, 5.74) is 0.850. The van der Waals surface area contributed by atoms with Crippen molar-refractivity contribution in [3.8, 4) is 34.8 Å². The summed E-state index contributed by atoms with van der Waals surface area (Å²) in [6, 6.07) is 11.3. The second-order valence-electron chi connectivity index (χ2n) is 5.64. The van der Waals surface area contributed by atoms with Gasteiger partial charge in [0.2, 0.25) is 0 Å². The molecule has 1 fully saturated rings. The smallest absolute Gasteiger partial charge is 0.284 e. The maximum atomic E-state index is 12.8. The van der Waals surface area contributed by atoms with Crippen LogP contribution in [0.4, 0.5) is 0 Å². The molecule has 1 aliphatic rings. The Morgan fingerprint density at radius 1 is 1.19 bits per heavy atom. The van der Waals surface area contributed by atoms with Gasteiger partial charge < -0.3 is 20.5 Å². The molecule has 27 heavy (non-hydrogen) atoms. The first-order valence-electron chi connectivity index (χ1n) is 8.04. The summed E-state index contributed by atoms with van der Waals surface area (Å²) in [7, 11) is 1.44. The van der Waals surface area contributed by atoms with E-state index in [1.165, 1.54) is 25.3 Å². The number of hydrogen-bond acceptors (Lipinski definition) is 5. The first-order chi connectivity index (χ1) is 13.1. The van der Waals surface area contributed by atoms with Crippen LogP contribution in [0.1, 0.15) is 21.5 Å². The van der Waals surface area contributed by atoms with Gasteiger partial charge in [-0.1, -0.05) is 0 Å². The SMILES string of the molecule is COc1ccc(C#N)cc1-c1c(C#N)ccc(O)c1C(=O)N=C1NCCN1. The first-order valence-corrected chi connectivity index (χ1v) is 8.04. The summed E-state index contributed by atoms with van der Waals surface area (Å²) in [6.45, 7) is 1.25. The molecule has 1 aliphatic heterocycles. The maximum Gasteiger partial charge on any atom is 0.284 e. The number of nitriles is 2. The summed E-state index contributed by atoms with van der Waals surface area (Å²) in [5, 5.41) is 34.9. The van der Waals surface area contributed by atoms with Crippen LogP contribution in [0, 0.1) is 22.7 Å². The van der Waals surface area contributed by atoms with Crippen molar-refractivity contribution in [3.05, 3.63) is 47.0 Å². The molecule has 2 aromatic carbocycles. The number of rotatable bonds is 3. The van der Waals surface area contributed by atoms with Crippen LogP contribution in [0.25, 0.3) is 11.1 Å². The number of aliphatic imine (C=N–C) groups is 1. The molecule has 1 saturated heterocycles. The van der Waals surface area contributed by atoms with Crippen molar-refractivity contribution < 1.29 is 14.6 Å². The van der Waals surface area contributed by atoms with Gasteiger partial charge in [-0.3, -0.25) is 4.79 Å². The molecule has 0 spiro atoms. The maximum absolute atomic E-state index is 12.8. The Bertz CT molecular complexity index is 1020. The third-order valence-electron chi connectivity index (χ3n) is 4.04. The number of phenols is 1. The van der Waals surface area contributed by atoms with Crippen molar-refractivity contribution in [3.63, 3.8) is 0 Å². The van der Waals surface area contributed by atoms with E-state index in [1.54, 1.807) is 12.1 Å². The highest BCUT2D eigenvalue weighted by Crippen LogP contribution is 2.39. The molecule has 1 amide bonds. The average Bonchev–Trinajstić information content (AvgIpc) is 3.19. The van der Waals surface area contributed by atoms with Gasteiger partial charge in [0.05, 0.1) is 35.9 Å². The third-order valence-corrected chi connectivity index (χ3v) is 4.04. The van der Waals surface area contributed by atoms with Crippen LogP contribution in [-0.4, -0.2) is 37.2 Å². The summed E-state index contributed by atoms with van der Waals surface area (Å²) >= 11 is 0. The first kappa shape index (κ1) is 17.8. The minimum Gasteiger partial charge on any atom is -0.507 e. The number of nitrogens with one attached hydrogen (secondary N) is 2. The van der Waals surface area contributed by atoms with E-state index in [2.05, 4.69) is 15.6 Å². The Hall–Kier alpha value is -4.04. The molecule has 0 unspecified atom stereocenters. The fraction of sp³-hybridized carbons (Fsp3) is 0.158. The van der Waals surface area contributed by atoms with Gasteiger partial charge in [-0.05, 0) is 30.3 Å². The van der Waals surface area contributed by atoms with E-state index in [0.717, 1.165) is 0 Å². The van der Waals surface area contributed by atoms with Gasteiger partial charge in [-0.25, -0.2) is 0 Å². The van der Waals surface area contributed by atoms with Crippen LogP contribution in [0.5, 0.6) is 11.5 Å². The molecular weight excluding hydrogens is 346 g/mol. The molecule has 2 aromatic rings. The van der Waals surface area contributed by atoms with E-state index < -0.39 is 5.91 Å². The van der Waals surface area contributed by atoms with Gasteiger partial charge in [-0.2, -0.15) is 15.5 Å². The number of amides is 1. The molecule has 134 valence electrons. The molecule has 0 aliphatic carbocycles. The Balaban J connectivity index is 2.28. The highest BCUT2D eigenvalue weighted by molar-refractivity contribution is 6.10. The molecular formula is C19H15N5O3. The number of ether oxygens (including phenoxy) is 1. The number of aromatic hydroxyl groups is 1. The molecule has 8 nitrogen and oxygen atoms in total. The zero-order chi connectivity index (χ0) is 19.4. The van der Waals surface area contributed by atoms with Gasteiger partial charge in [0.1, 0.15) is 11.5 Å². The number of hydrogen-bond donors (Lipinski definition) is 3. The number of methoxy groups -OCH3 is 1. The number of carbonyl (C=O) groups excluding carboxylic acids is 1. The molecule has 0 aromatic heterocycles. The standard InChI is InChI=1S/C19H15N5O3/c1-27-15-5-2-11(9-20)8-13(15)16-12(10-21)3-4-14(25)17(16)18(26)24-19-22-6-7-23-19/h2-5,8,25H,6-7H2,1H3,(H2,22,23,24,26). The molecule has 0 atom stereocenters. The fourth-order valence-electron chi connectivity index (χ4n) is 2.81. The highest BCUT2D eigenvalue weighted by Gasteiger charge is 2.24. The van der Waals surface area contributed by atoms with Crippen LogP contribution in [0.15, 0.2) is 35.3 Å². The largest absolute Gasteiger partial charge is 0.507 e. The quantitative estimate of drug-likeness (QED) is 0.755. The van der Waals surface area contributed by atoms with E-state index in [4.69, 9.17) is 4.74 Å². The van der Waals surface area contributed by atoms with E-state index >= 15 is 0 Å². The Morgan fingerprint density at radius 3 is 2.56 bits per heavy atom. The number of guanidine groups is 1. The lowest BCUT2D eigenvalue weighted by atomic mass is 9.92. The normalized spacial score (nSPS) is 12.3.